The van der Waals surface area contributed by atoms with E-state index in [9.17, 15) is 39.6 Å². The van der Waals surface area contributed by atoms with E-state index in [0.717, 1.165) is 11.8 Å². The van der Waals surface area contributed by atoms with Crippen LogP contribution in [-0.4, -0.2) is 64.8 Å². The van der Waals surface area contributed by atoms with Crippen LogP contribution in [0, 0.1) is 12.7 Å². The van der Waals surface area contributed by atoms with Crippen molar-refractivity contribution in [3.8, 4) is 0 Å². The van der Waals surface area contributed by atoms with E-state index >= 15 is 0 Å². The summed E-state index contributed by atoms with van der Waals surface area (Å²) < 4.78 is 19.9. The van der Waals surface area contributed by atoms with Gasteiger partial charge in [0.1, 0.15) is 18.0 Å². The number of aromatic nitrogens is 2. The number of nitrogens with zero attached hydrogens (tertiary/aromatic N) is 2. The molecule has 1 aliphatic rings. The maximum Gasteiger partial charge on any atom is 0.332 e. The first-order valence-corrected chi connectivity index (χ1v) is 11.0. The van der Waals surface area contributed by atoms with Gasteiger partial charge in [-0.1, -0.05) is 48.0 Å². The molecule has 0 bridgehead atoms. The van der Waals surface area contributed by atoms with Crippen LogP contribution < -0.4 is 11.2 Å². The second-order valence-electron chi connectivity index (χ2n) is 8.72. The molecule has 0 aliphatic carbocycles. The van der Waals surface area contributed by atoms with E-state index < -0.39 is 54.1 Å². The highest BCUT2D eigenvalue weighted by Gasteiger charge is 2.70. The lowest BCUT2D eigenvalue weighted by Gasteiger charge is -2.42. The Hall–Kier alpha value is -3.23. The van der Waals surface area contributed by atoms with Gasteiger partial charge in [0.05, 0.1) is 13.2 Å². The summed E-state index contributed by atoms with van der Waals surface area (Å²) in [5, 5.41) is 54.5. The van der Waals surface area contributed by atoms with Crippen LogP contribution in [0.4, 0.5) is 4.39 Å². The Labute approximate surface area is 203 Å². The number of halogens is 1. The highest BCUT2D eigenvalue weighted by atomic mass is 19.1. The van der Waals surface area contributed by atoms with Gasteiger partial charge in [-0.25, -0.2) is 13.8 Å². The van der Waals surface area contributed by atoms with Crippen LogP contribution in [0.5, 0.6) is 0 Å². The number of aromatic amines is 1. The van der Waals surface area contributed by atoms with Crippen molar-refractivity contribution in [2.45, 2.75) is 43.7 Å². The fourth-order valence-corrected chi connectivity index (χ4v) is 4.32. The number of ether oxygens (including phenoxy) is 1. The summed E-state index contributed by atoms with van der Waals surface area (Å²) in [6, 6.07) is 12.4. The topological polar surface area (TPSA) is 168 Å². The van der Waals surface area contributed by atoms with Crippen molar-refractivity contribution in [2.75, 3.05) is 6.61 Å². The van der Waals surface area contributed by atoms with Gasteiger partial charge in [-0.3, -0.25) is 9.78 Å². The molecule has 1 aromatic heterocycles. The number of aliphatic hydroxyl groups is 4. The predicted molar refractivity (Wildman–Crippen MR) is 122 cm³/mol. The van der Waals surface area contributed by atoms with Crippen molar-refractivity contribution in [2.24, 2.45) is 0 Å². The maximum absolute atomic E-state index is 14.2. The molecule has 192 valence electrons. The first kappa shape index (κ1) is 25.9. The molecule has 3 aromatic rings. The first-order valence-electron chi connectivity index (χ1n) is 11.0. The fourth-order valence-electron chi connectivity index (χ4n) is 4.32. The van der Waals surface area contributed by atoms with Crippen LogP contribution in [0.25, 0.3) is 0 Å². The van der Waals surface area contributed by atoms with E-state index in [1.807, 2.05) is 4.98 Å². The van der Waals surface area contributed by atoms with Gasteiger partial charge < -0.3 is 30.4 Å². The standard InChI is InChI=1S/C24H26FN3O8/c1-14-5-4-6-15(9-14)11-28(35)23(33)20(30)19(13-29)36-24(23,34)27-12-17(21(31)26-22(27)32)10-16-7-2-3-8-18(16)25/h2-9,12,19-20,29-30,33-35H,10-11,13H2,1H3,(H,26,31,32)/t19-,20-,23-,24+/m1/s1. The van der Waals surface area contributed by atoms with Crippen molar-refractivity contribution in [3.05, 3.63) is 104 Å². The third kappa shape index (κ3) is 4.29. The number of nitrogens with one attached hydrogen (secondary N) is 1. The highest BCUT2D eigenvalue weighted by molar-refractivity contribution is 5.25. The molecule has 0 radical (unpaired) electrons. The molecule has 2 heterocycles. The van der Waals surface area contributed by atoms with Crippen LogP contribution in [0.3, 0.4) is 0 Å². The molecule has 0 amide bonds. The average molecular weight is 503 g/mol. The third-order valence-electron chi connectivity index (χ3n) is 6.23. The van der Waals surface area contributed by atoms with Crippen LogP contribution in [0.15, 0.2) is 64.3 Å². The average Bonchev–Trinajstić information content (AvgIpc) is 3.04. The Morgan fingerprint density at radius 1 is 1.14 bits per heavy atom. The van der Waals surface area contributed by atoms with E-state index in [-0.39, 0.29) is 22.6 Å². The van der Waals surface area contributed by atoms with Crippen LogP contribution in [0.1, 0.15) is 22.3 Å². The second kappa shape index (κ2) is 9.67. The number of aliphatic hydroxyl groups excluding tert-OH is 2. The van der Waals surface area contributed by atoms with Crippen molar-refractivity contribution < 1.29 is 34.8 Å². The molecule has 11 nitrogen and oxygen atoms in total. The molecule has 1 aliphatic heterocycles. The molecule has 4 atom stereocenters. The zero-order valence-corrected chi connectivity index (χ0v) is 19.2. The molecule has 2 aromatic carbocycles. The minimum absolute atomic E-state index is 0.110. The van der Waals surface area contributed by atoms with Crippen molar-refractivity contribution in [1.82, 2.24) is 14.6 Å². The number of benzene rings is 2. The second-order valence-corrected chi connectivity index (χ2v) is 8.72. The molecule has 4 rings (SSSR count). The SMILES string of the molecule is Cc1cccc(CN(O)[C@@]2(O)[C@H](O)[C@@H](CO)O[C@]2(O)n2cc(Cc3ccccc3F)c(=O)[nH]c2=O)c1. The molecule has 1 fully saturated rings. The van der Waals surface area contributed by atoms with E-state index in [0.29, 0.717) is 10.1 Å². The Morgan fingerprint density at radius 3 is 2.53 bits per heavy atom. The van der Waals surface area contributed by atoms with Gasteiger partial charge in [0, 0.05) is 18.2 Å². The zero-order valence-electron chi connectivity index (χ0n) is 19.2. The summed E-state index contributed by atoms with van der Waals surface area (Å²) in [7, 11) is 0. The Kier molecular flexibility index (Phi) is 6.94. The molecule has 6 N–H and O–H groups in total. The van der Waals surface area contributed by atoms with Gasteiger partial charge in [-0.05, 0) is 24.1 Å². The summed E-state index contributed by atoms with van der Waals surface area (Å²) in [5.41, 5.74) is -4.02. The monoisotopic (exact) mass is 503 g/mol. The molecule has 0 spiro atoms. The lowest BCUT2D eigenvalue weighted by Crippen LogP contribution is -2.68. The Morgan fingerprint density at radius 2 is 1.86 bits per heavy atom. The number of aryl methyl sites for hydroxylation is 1. The number of hydrogen-bond donors (Lipinski definition) is 6. The number of hydroxylamine groups is 2. The van der Waals surface area contributed by atoms with Crippen molar-refractivity contribution in [1.29, 1.82) is 0 Å². The Balaban J connectivity index is 1.81. The molecular formula is C24H26FN3O8. The van der Waals surface area contributed by atoms with Gasteiger partial charge >= 0.3 is 11.6 Å². The Bertz CT molecular complexity index is 1380. The summed E-state index contributed by atoms with van der Waals surface area (Å²) in [4.78, 5) is 27.2. The van der Waals surface area contributed by atoms with E-state index in [4.69, 9.17) is 4.74 Å². The molecular weight excluding hydrogens is 477 g/mol. The normalized spacial score (nSPS) is 26.0. The summed E-state index contributed by atoms with van der Waals surface area (Å²) in [6.45, 7) is 0.464. The van der Waals surface area contributed by atoms with Gasteiger partial charge in [0.25, 0.3) is 5.56 Å². The lowest BCUT2D eigenvalue weighted by molar-refractivity contribution is -0.413. The minimum atomic E-state index is -3.19. The largest absolute Gasteiger partial charge is 0.394 e. The molecule has 0 unspecified atom stereocenters. The molecule has 0 saturated carbocycles. The maximum atomic E-state index is 14.2. The number of hydrogen-bond acceptors (Lipinski definition) is 9. The van der Waals surface area contributed by atoms with Crippen molar-refractivity contribution in [3.63, 3.8) is 0 Å². The molecule has 1 saturated heterocycles. The first-order chi connectivity index (χ1) is 17.0. The van der Waals surface area contributed by atoms with E-state index in [1.54, 1.807) is 37.3 Å². The van der Waals surface area contributed by atoms with Crippen LogP contribution in [-0.2, 0) is 23.6 Å². The van der Waals surface area contributed by atoms with Gasteiger partial charge in [-0.2, -0.15) is 0 Å². The van der Waals surface area contributed by atoms with Crippen LogP contribution in [0.2, 0.25) is 0 Å². The quantitative estimate of drug-likeness (QED) is 0.184. The van der Waals surface area contributed by atoms with Gasteiger partial charge in [-0.15, -0.1) is 5.06 Å². The summed E-state index contributed by atoms with van der Waals surface area (Å²) >= 11 is 0. The fraction of sp³-hybridized carbons (Fsp3) is 0.333. The summed E-state index contributed by atoms with van der Waals surface area (Å²) in [5.74, 6) is -3.80. The minimum Gasteiger partial charge on any atom is -0.394 e. The van der Waals surface area contributed by atoms with E-state index in [2.05, 4.69) is 0 Å². The van der Waals surface area contributed by atoms with Crippen LogP contribution >= 0.6 is 0 Å². The van der Waals surface area contributed by atoms with Crippen molar-refractivity contribution >= 4 is 0 Å². The smallest absolute Gasteiger partial charge is 0.332 e. The third-order valence-corrected chi connectivity index (χ3v) is 6.23. The lowest BCUT2D eigenvalue weighted by atomic mass is 9.99. The predicted octanol–water partition coefficient (Wildman–Crippen LogP) is -0.490. The summed E-state index contributed by atoms with van der Waals surface area (Å²) in [6.07, 6.45) is -3.21. The zero-order chi connectivity index (χ0) is 26.3. The molecule has 36 heavy (non-hydrogen) atoms. The van der Waals surface area contributed by atoms with E-state index in [1.165, 1.54) is 18.2 Å². The highest BCUT2D eigenvalue weighted by Crippen LogP contribution is 2.43. The molecule has 12 heteroatoms. The van der Waals surface area contributed by atoms with Gasteiger partial charge in [0.15, 0.2) is 0 Å². The number of H-pyrrole nitrogens is 1. The number of rotatable bonds is 7. The van der Waals surface area contributed by atoms with Gasteiger partial charge in [0.2, 0.25) is 5.72 Å².